The lowest BCUT2D eigenvalue weighted by atomic mass is 10.3. The Balaban J connectivity index is 0.00000182. The van der Waals surface area contributed by atoms with Crippen molar-refractivity contribution in [2.45, 2.75) is 13.0 Å². The van der Waals surface area contributed by atoms with Gasteiger partial charge < -0.3 is 9.47 Å². The number of hydrogen-bond acceptors (Lipinski definition) is 5. The average Bonchev–Trinajstić information content (AvgIpc) is 3.04. The molecule has 0 aliphatic carbocycles. The maximum atomic E-state index is 12.4. The molecule has 2 aromatic heterocycles. The van der Waals surface area contributed by atoms with Gasteiger partial charge in [-0.3, -0.25) is 18.8 Å². The van der Waals surface area contributed by atoms with Gasteiger partial charge in [-0.2, -0.15) is 0 Å². The van der Waals surface area contributed by atoms with E-state index in [1.807, 2.05) is 10.6 Å². The SMILES string of the molecule is C=CCN1CCN(CCCn2cnc3c2c(=O)n(C)c(=O)n3C)CC1.Cl.Cl. The third-order valence-corrected chi connectivity index (χ3v) is 4.94. The van der Waals surface area contributed by atoms with Crippen molar-refractivity contribution >= 4 is 36.0 Å². The van der Waals surface area contributed by atoms with Crippen LogP contribution in [0.25, 0.3) is 11.2 Å². The van der Waals surface area contributed by atoms with Crippen LogP contribution < -0.4 is 11.2 Å². The second-order valence-electron chi connectivity index (χ2n) is 6.60. The number of aryl methyl sites for hydroxylation is 2. The minimum atomic E-state index is -0.347. The molecule has 8 nitrogen and oxygen atoms in total. The first-order valence-corrected chi connectivity index (χ1v) is 8.69. The summed E-state index contributed by atoms with van der Waals surface area (Å²) >= 11 is 0. The highest BCUT2D eigenvalue weighted by molar-refractivity contribution is 5.85. The summed E-state index contributed by atoms with van der Waals surface area (Å²) in [6, 6.07) is 0. The van der Waals surface area contributed by atoms with E-state index < -0.39 is 0 Å². The molecule has 10 heteroatoms. The van der Waals surface area contributed by atoms with Crippen molar-refractivity contribution in [3.05, 3.63) is 39.8 Å². The fourth-order valence-electron chi connectivity index (χ4n) is 3.41. The predicted molar refractivity (Wildman–Crippen MR) is 112 cm³/mol. The van der Waals surface area contributed by atoms with Crippen LogP contribution >= 0.6 is 24.8 Å². The first-order chi connectivity index (χ1) is 12.0. The van der Waals surface area contributed by atoms with E-state index in [4.69, 9.17) is 0 Å². The molecule has 0 amide bonds. The number of piperazine rings is 1. The number of nitrogens with zero attached hydrogens (tertiary/aromatic N) is 6. The highest BCUT2D eigenvalue weighted by Gasteiger charge is 2.16. The lowest BCUT2D eigenvalue weighted by molar-refractivity contribution is 0.140. The van der Waals surface area contributed by atoms with Gasteiger partial charge in [0.15, 0.2) is 11.2 Å². The Morgan fingerprint density at radius 3 is 2.30 bits per heavy atom. The van der Waals surface area contributed by atoms with Gasteiger partial charge >= 0.3 is 5.69 Å². The van der Waals surface area contributed by atoms with Crippen LogP contribution in [-0.2, 0) is 20.6 Å². The zero-order valence-electron chi connectivity index (χ0n) is 15.8. The van der Waals surface area contributed by atoms with Crippen LogP contribution in [0, 0.1) is 0 Å². The van der Waals surface area contributed by atoms with Crippen molar-refractivity contribution in [2.24, 2.45) is 14.1 Å². The van der Waals surface area contributed by atoms with Gasteiger partial charge in [-0.05, 0) is 13.0 Å². The molecule has 2 aromatic rings. The molecule has 0 aromatic carbocycles. The molecule has 1 fully saturated rings. The van der Waals surface area contributed by atoms with E-state index in [9.17, 15) is 9.59 Å². The fraction of sp³-hybridized carbons (Fsp3) is 0.588. The second-order valence-corrected chi connectivity index (χ2v) is 6.60. The lowest BCUT2D eigenvalue weighted by Crippen LogP contribution is -2.46. The molecule has 152 valence electrons. The molecule has 0 N–H and O–H groups in total. The second kappa shape index (κ2) is 10.1. The smallest absolute Gasteiger partial charge is 0.325 e. The first-order valence-electron chi connectivity index (χ1n) is 8.69. The quantitative estimate of drug-likeness (QED) is 0.637. The van der Waals surface area contributed by atoms with Crippen LogP contribution in [0.4, 0.5) is 0 Å². The van der Waals surface area contributed by atoms with Crippen LogP contribution in [0.2, 0.25) is 0 Å². The summed E-state index contributed by atoms with van der Waals surface area (Å²) in [4.78, 5) is 33.5. The summed E-state index contributed by atoms with van der Waals surface area (Å²) in [5.74, 6) is 0. The van der Waals surface area contributed by atoms with E-state index in [1.165, 1.54) is 11.6 Å². The van der Waals surface area contributed by atoms with Gasteiger partial charge in [0.25, 0.3) is 5.56 Å². The van der Waals surface area contributed by atoms with Gasteiger partial charge in [-0.25, -0.2) is 9.78 Å². The van der Waals surface area contributed by atoms with Crippen LogP contribution in [0.3, 0.4) is 0 Å². The molecule has 27 heavy (non-hydrogen) atoms. The third kappa shape index (κ3) is 4.82. The summed E-state index contributed by atoms with van der Waals surface area (Å²) in [5, 5.41) is 0. The van der Waals surface area contributed by atoms with Crippen LogP contribution in [0.5, 0.6) is 0 Å². The Morgan fingerprint density at radius 2 is 1.67 bits per heavy atom. The molecule has 1 saturated heterocycles. The Morgan fingerprint density at radius 1 is 1.04 bits per heavy atom. The third-order valence-electron chi connectivity index (χ3n) is 4.94. The number of hydrogen-bond donors (Lipinski definition) is 0. The van der Waals surface area contributed by atoms with Gasteiger partial charge in [-0.1, -0.05) is 6.08 Å². The highest BCUT2D eigenvalue weighted by atomic mass is 35.5. The molecule has 0 spiro atoms. The molecule has 3 rings (SSSR count). The average molecular weight is 419 g/mol. The normalized spacial score (nSPS) is 15.3. The van der Waals surface area contributed by atoms with E-state index in [-0.39, 0.29) is 36.1 Å². The van der Waals surface area contributed by atoms with E-state index in [2.05, 4.69) is 21.4 Å². The maximum absolute atomic E-state index is 12.4. The monoisotopic (exact) mass is 418 g/mol. The van der Waals surface area contributed by atoms with Gasteiger partial charge in [-0.15, -0.1) is 31.4 Å². The highest BCUT2D eigenvalue weighted by Crippen LogP contribution is 2.08. The van der Waals surface area contributed by atoms with Crippen LogP contribution in [0.1, 0.15) is 6.42 Å². The minimum absolute atomic E-state index is 0. The number of fused-ring (bicyclic) bond motifs is 1. The van der Waals surface area contributed by atoms with Crippen LogP contribution in [-0.4, -0.2) is 67.8 Å². The lowest BCUT2D eigenvalue weighted by Gasteiger charge is -2.34. The summed E-state index contributed by atoms with van der Waals surface area (Å²) in [7, 11) is 3.15. The van der Waals surface area contributed by atoms with E-state index >= 15 is 0 Å². The Hall–Kier alpha value is -1.61. The number of halogens is 2. The molecule has 3 heterocycles. The topological polar surface area (TPSA) is 68.3 Å². The van der Waals surface area contributed by atoms with Gasteiger partial charge in [0, 0.05) is 53.4 Å². The first kappa shape index (κ1) is 23.4. The van der Waals surface area contributed by atoms with Crippen molar-refractivity contribution in [2.75, 3.05) is 39.3 Å². The Labute approximate surface area is 170 Å². The summed E-state index contributed by atoms with van der Waals surface area (Å²) in [5.41, 5.74) is 0.320. The van der Waals surface area contributed by atoms with Crippen molar-refractivity contribution in [1.29, 1.82) is 0 Å². The fourth-order valence-corrected chi connectivity index (χ4v) is 3.41. The molecular weight excluding hydrogens is 391 g/mol. The van der Waals surface area contributed by atoms with E-state index in [0.29, 0.717) is 11.2 Å². The summed E-state index contributed by atoms with van der Waals surface area (Å²) in [6.45, 7) is 10.7. The Kier molecular flexibility index (Phi) is 8.74. The molecule has 1 aliphatic rings. The van der Waals surface area contributed by atoms with E-state index in [1.54, 1.807) is 13.4 Å². The predicted octanol–water partition coefficient (Wildman–Crippen LogP) is 0.471. The molecular formula is C17H28Cl2N6O2. The minimum Gasteiger partial charge on any atom is -0.325 e. The zero-order chi connectivity index (χ0) is 18.0. The zero-order valence-corrected chi connectivity index (χ0v) is 17.5. The van der Waals surface area contributed by atoms with E-state index in [0.717, 1.165) is 56.8 Å². The van der Waals surface area contributed by atoms with Crippen molar-refractivity contribution in [1.82, 2.24) is 28.5 Å². The number of aromatic nitrogens is 4. The molecule has 0 unspecified atom stereocenters. The largest absolute Gasteiger partial charge is 0.332 e. The number of imidazole rings is 1. The van der Waals surface area contributed by atoms with Crippen molar-refractivity contribution in [3.8, 4) is 0 Å². The molecule has 0 saturated carbocycles. The van der Waals surface area contributed by atoms with Gasteiger partial charge in [0.2, 0.25) is 0 Å². The summed E-state index contributed by atoms with van der Waals surface area (Å²) in [6.07, 6.45) is 4.56. The standard InChI is InChI=1S/C17H26N6O2.2ClH/c1-4-6-21-9-11-22(12-10-21)7-5-8-23-13-18-15-14(23)16(24)20(3)17(25)19(15)2;;/h4,13H,1,5-12H2,2-3H3;2*1H. The summed E-state index contributed by atoms with van der Waals surface area (Å²) < 4.78 is 4.43. The van der Waals surface area contributed by atoms with Crippen LogP contribution in [0.15, 0.2) is 28.6 Å². The Bertz CT molecular complexity index is 880. The van der Waals surface area contributed by atoms with Gasteiger partial charge in [0.1, 0.15) is 0 Å². The molecule has 0 atom stereocenters. The van der Waals surface area contributed by atoms with Gasteiger partial charge in [0.05, 0.1) is 6.33 Å². The van der Waals surface area contributed by atoms with Crippen molar-refractivity contribution in [3.63, 3.8) is 0 Å². The number of rotatable bonds is 6. The maximum Gasteiger partial charge on any atom is 0.332 e. The van der Waals surface area contributed by atoms with Crippen molar-refractivity contribution < 1.29 is 0 Å². The molecule has 0 bridgehead atoms. The molecule has 1 aliphatic heterocycles. The molecule has 0 radical (unpaired) electrons.